The molecule has 4 heteroatoms. The van der Waals surface area contributed by atoms with Crippen molar-refractivity contribution >= 4 is 23.0 Å². The van der Waals surface area contributed by atoms with Crippen molar-refractivity contribution in [3.05, 3.63) is 66.0 Å². The first-order chi connectivity index (χ1) is 9.69. The van der Waals surface area contributed by atoms with Gasteiger partial charge in [0.25, 0.3) is 0 Å². The average Bonchev–Trinajstić information content (AvgIpc) is 2.48. The molecule has 2 aromatic carbocycles. The van der Waals surface area contributed by atoms with Crippen LogP contribution in [0.1, 0.15) is 24.9 Å². The number of nitrogens with one attached hydrogen (secondary N) is 2. The van der Waals surface area contributed by atoms with Crippen molar-refractivity contribution in [2.75, 3.05) is 5.32 Å². The number of anilines is 1. The molecule has 0 saturated carbocycles. The van der Waals surface area contributed by atoms with Crippen LogP contribution in [0.4, 0.5) is 10.1 Å². The highest BCUT2D eigenvalue weighted by Gasteiger charge is 2.09. The van der Waals surface area contributed by atoms with Gasteiger partial charge in [0.05, 0.1) is 6.04 Å². The minimum atomic E-state index is -0.259. The molecule has 20 heavy (non-hydrogen) atoms. The molecule has 0 heterocycles. The first-order valence-electron chi connectivity index (χ1n) is 6.57. The van der Waals surface area contributed by atoms with Crippen LogP contribution < -0.4 is 10.6 Å². The van der Waals surface area contributed by atoms with Gasteiger partial charge in [-0.25, -0.2) is 4.39 Å². The SMILES string of the molecule is CCC(NC(=S)Nc1ccc(F)cc1)c1ccccc1. The van der Waals surface area contributed by atoms with Gasteiger partial charge in [-0.3, -0.25) is 0 Å². The maximum Gasteiger partial charge on any atom is 0.171 e. The van der Waals surface area contributed by atoms with Gasteiger partial charge in [-0.05, 0) is 48.5 Å². The van der Waals surface area contributed by atoms with Crippen LogP contribution in [0.25, 0.3) is 0 Å². The molecule has 104 valence electrons. The summed E-state index contributed by atoms with van der Waals surface area (Å²) in [4.78, 5) is 0. The highest BCUT2D eigenvalue weighted by atomic mass is 32.1. The number of hydrogen-bond acceptors (Lipinski definition) is 1. The van der Waals surface area contributed by atoms with E-state index in [4.69, 9.17) is 12.2 Å². The third-order valence-corrected chi connectivity index (χ3v) is 3.24. The normalized spacial score (nSPS) is 11.7. The minimum absolute atomic E-state index is 0.164. The fourth-order valence-corrected chi connectivity index (χ4v) is 2.23. The molecule has 1 atom stereocenters. The zero-order valence-electron chi connectivity index (χ0n) is 11.3. The van der Waals surface area contributed by atoms with Gasteiger partial charge in [-0.15, -0.1) is 0 Å². The van der Waals surface area contributed by atoms with Crippen molar-refractivity contribution in [3.63, 3.8) is 0 Å². The van der Waals surface area contributed by atoms with Gasteiger partial charge in [-0.1, -0.05) is 37.3 Å². The van der Waals surface area contributed by atoms with Crippen LogP contribution in [0, 0.1) is 5.82 Å². The van der Waals surface area contributed by atoms with Crippen LogP contribution in [0.5, 0.6) is 0 Å². The summed E-state index contributed by atoms with van der Waals surface area (Å²) in [6.07, 6.45) is 0.926. The van der Waals surface area contributed by atoms with Gasteiger partial charge in [0, 0.05) is 5.69 Å². The number of rotatable bonds is 4. The Morgan fingerprint density at radius 3 is 2.35 bits per heavy atom. The lowest BCUT2D eigenvalue weighted by Crippen LogP contribution is -2.32. The Morgan fingerprint density at radius 2 is 1.75 bits per heavy atom. The number of halogens is 1. The molecular weight excluding hydrogens is 271 g/mol. The van der Waals surface area contributed by atoms with Crippen molar-refractivity contribution < 1.29 is 4.39 Å². The van der Waals surface area contributed by atoms with Crippen molar-refractivity contribution in [1.29, 1.82) is 0 Å². The van der Waals surface area contributed by atoms with E-state index in [-0.39, 0.29) is 11.9 Å². The van der Waals surface area contributed by atoms with Crippen LogP contribution in [-0.4, -0.2) is 5.11 Å². The fraction of sp³-hybridized carbons (Fsp3) is 0.188. The monoisotopic (exact) mass is 288 g/mol. The number of thiocarbonyl (C=S) groups is 1. The molecule has 0 saturated heterocycles. The lowest BCUT2D eigenvalue weighted by atomic mass is 10.1. The largest absolute Gasteiger partial charge is 0.356 e. The van der Waals surface area contributed by atoms with Crippen molar-refractivity contribution in [1.82, 2.24) is 5.32 Å². The van der Waals surface area contributed by atoms with E-state index in [9.17, 15) is 4.39 Å². The van der Waals surface area contributed by atoms with Gasteiger partial charge >= 0.3 is 0 Å². The van der Waals surface area contributed by atoms with Crippen LogP contribution in [-0.2, 0) is 0 Å². The Kier molecular flexibility index (Phi) is 5.07. The molecule has 1 unspecified atom stereocenters. The molecule has 0 fully saturated rings. The molecule has 0 aromatic heterocycles. The fourth-order valence-electron chi connectivity index (χ4n) is 1.97. The topological polar surface area (TPSA) is 24.1 Å². The second-order valence-corrected chi connectivity index (χ2v) is 4.89. The van der Waals surface area contributed by atoms with Gasteiger partial charge in [0.1, 0.15) is 5.82 Å². The van der Waals surface area contributed by atoms with Crippen molar-refractivity contribution in [3.8, 4) is 0 Å². The highest BCUT2D eigenvalue weighted by molar-refractivity contribution is 7.80. The van der Waals surface area contributed by atoms with Crippen LogP contribution in [0.15, 0.2) is 54.6 Å². The van der Waals surface area contributed by atoms with Crippen LogP contribution in [0.2, 0.25) is 0 Å². The minimum Gasteiger partial charge on any atom is -0.356 e. The summed E-state index contributed by atoms with van der Waals surface area (Å²) in [5.74, 6) is -0.259. The van der Waals surface area contributed by atoms with E-state index in [2.05, 4.69) is 29.7 Å². The summed E-state index contributed by atoms with van der Waals surface area (Å²) < 4.78 is 12.8. The van der Waals surface area contributed by atoms with Gasteiger partial charge in [0.2, 0.25) is 0 Å². The molecule has 0 aliphatic carbocycles. The summed E-state index contributed by atoms with van der Waals surface area (Å²) in [5, 5.41) is 6.86. The lowest BCUT2D eigenvalue weighted by molar-refractivity contribution is 0.627. The molecule has 2 nitrogen and oxygen atoms in total. The van der Waals surface area contributed by atoms with E-state index < -0.39 is 0 Å². The van der Waals surface area contributed by atoms with E-state index in [0.29, 0.717) is 5.11 Å². The maximum absolute atomic E-state index is 12.8. The Bertz CT molecular complexity index is 554. The van der Waals surface area contributed by atoms with E-state index in [1.54, 1.807) is 12.1 Å². The Morgan fingerprint density at radius 1 is 1.10 bits per heavy atom. The molecule has 2 rings (SSSR count). The first kappa shape index (κ1) is 14.5. The predicted molar refractivity (Wildman–Crippen MR) is 85.2 cm³/mol. The van der Waals surface area contributed by atoms with Crippen LogP contribution >= 0.6 is 12.2 Å². The summed E-state index contributed by atoms with van der Waals surface area (Å²) in [5.41, 5.74) is 1.96. The third kappa shape index (κ3) is 4.03. The van der Waals surface area contributed by atoms with E-state index >= 15 is 0 Å². The van der Waals surface area contributed by atoms with Crippen LogP contribution in [0.3, 0.4) is 0 Å². The second-order valence-electron chi connectivity index (χ2n) is 4.48. The summed E-state index contributed by atoms with van der Waals surface area (Å²) in [7, 11) is 0. The molecule has 0 radical (unpaired) electrons. The molecule has 0 bridgehead atoms. The third-order valence-electron chi connectivity index (χ3n) is 3.02. The van der Waals surface area contributed by atoms with Gasteiger partial charge < -0.3 is 10.6 Å². The van der Waals surface area contributed by atoms with E-state index in [1.807, 2.05) is 18.2 Å². The molecule has 0 spiro atoms. The summed E-state index contributed by atoms with van der Waals surface area (Å²) >= 11 is 5.30. The zero-order chi connectivity index (χ0) is 14.4. The number of hydrogen-bond donors (Lipinski definition) is 2. The van der Waals surface area contributed by atoms with E-state index in [1.165, 1.54) is 17.7 Å². The quantitative estimate of drug-likeness (QED) is 0.822. The zero-order valence-corrected chi connectivity index (χ0v) is 12.1. The van der Waals surface area contributed by atoms with Gasteiger partial charge in [-0.2, -0.15) is 0 Å². The lowest BCUT2D eigenvalue weighted by Gasteiger charge is -2.20. The second kappa shape index (κ2) is 7.01. The van der Waals surface area contributed by atoms with Crippen molar-refractivity contribution in [2.45, 2.75) is 19.4 Å². The Hall–Kier alpha value is -1.94. The smallest absolute Gasteiger partial charge is 0.171 e. The molecule has 0 aliphatic heterocycles. The molecule has 0 amide bonds. The Balaban J connectivity index is 1.97. The van der Waals surface area contributed by atoms with Gasteiger partial charge in [0.15, 0.2) is 5.11 Å². The molecule has 2 aromatic rings. The predicted octanol–water partition coefficient (Wildman–Crippen LogP) is 4.26. The van der Waals surface area contributed by atoms with Crippen molar-refractivity contribution in [2.24, 2.45) is 0 Å². The maximum atomic E-state index is 12.8. The first-order valence-corrected chi connectivity index (χ1v) is 6.98. The summed E-state index contributed by atoms with van der Waals surface area (Å²) in [6.45, 7) is 2.10. The highest BCUT2D eigenvalue weighted by Crippen LogP contribution is 2.16. The number of benzene rings is 2. The average molecular weight is 288 g/mol. The molecule has 2 N–H and O–H groups in total. The molecule has 0 aliphatic rings. The molecular formula is C16H17FN2S. The van der Waals surface area contributed by atoms with E-state index in [0.717, 1.165) is 12.1 Å². The summed E-state index contributed by atoms with van der Waals surface area (Å²) in [6, 6.07) is 16.4. The Labute approximate surface area is 124 Å². The standard InChI is InChI=1S/C16H17FN2S/c1-2-15(12-6-4-3-5-7-12)19-16(20)18-14-10-8-13(17)9-11-14/h3-11,15H,2H2,1H3,(H2,18,19,20).